The van der Waals surface area contributed by atoms with E-state index in [2.05, 4.69) is 102 Å². The number of aromatic nitrogens is 4. The minimum Gasteiger partial charge on any atom is -0.453 e. The van der Waals surface area contributed by atoms with Crippen molar-refractivity contribution in [1.29, 1.82) is 0 Å². The van der Waals surface area contributed by atoms with Gasteiger partial charge in [0.15, 0.2) is 5.78 Å². The van der Waals surface area contributed by atoms with Crippen LogP contribution in [0.2, 0.25) is 0 Å². The zero-order valence-corrected chi connectivity index (χ0v) is 36.2. The predicted octanol–water partition coefficient (Wildman–Crippen LogP) is 9.12. The summed E-state index contributed by atoms with van der Waals surface area (Å²) in [6, 6.07) is 19.7. The van der Waals surface area contributed by atoms with Crippen molar-refractivity contribution in [3.05, 3.63) is 84.7 Å². The first-order valence-electron chi connectivity index (χ1n) is 20.9. The van der Waals surface area contributed by atoms with Gasteiger partial charge in [-0.15, -0.1) is 0 Å². The minimum atomic E-state index is -0.702. The Hall–Kier alpha value is -5.98. The fourth-order valence-electron chi connectivity index (χ4n) is 8.16. The van der Waals surface area contributed by atoms with Gasteiger partial charge >= 0.3 is 12.2 Å². The first-order chi connectivity index (χ1) is 28.6. The molecule has 60 heavy (non-hydrogen) atoms. The Balaban J connectivity index is 1.13. The summed E-state index contributed by atoms with van der Waals surface area (Å²) in [7, 11) is 2.59. The van der Waals surface area contributed by atoms with Crippen molar-refractivity contribution in [2.75, 3.05) is 14.2 Å². The van der Waals surface area contributed by atoms with Gasteiger partial charge in [0.05, 0.1) is 50.1 Å². The number of H-pyrrole nitrogens is 2. The molecule has 318 valence electrons. The summed E-state index contributed by atoms with van der Waals surface area (Å²) >= 11 is 0. The molecule has 0 spiro atoms. The first-order valence-corrected chi connectivity index (χ1v) is 20.9. The number of nitrogens with zero attached hydrogens (tertiary/aromatic N) is 3. The average molecular weight is 818 g/mol. The molecule has 6 rings (SSSR count). The van der Waals surface area contributed by atoms with Crippen molar-refractivity contribution >= 4 is 34.6 Å². The normalized spacial score (nSPS) is 16.6. The Morgan fingerprint density at radius 1 is 0.750 bits per heavy atom. The third-order valence-corrected chi connectivity index (χ3v) is 11.9. The van der Waals surface area contributed by atoms with Crippen molar-refractivity contribution in [3.8, 4) is 33.6 Å². The highest BCUT2D eigenvalue weighted by Gasteiger charge is 2.42. The molecule has 3 amide bonds. The van der Waals surface area contributed by atoms with E-state index < -0.39 is 29.7 Å². The second-order valence-electron chi connectivity index (χ2n) is 17.1. The Labute approximate surface area is 352 Å². The topological polar surface area (TPSA) is 171 Å². The zero-order chi connectivity index (χ0) is 43.3. The van der Waals surface area contributed by atoms with Gasteiger partial charge in [0, 0.05) is 23.4 Å². The van der Waals surface area contributed by atoms with E-state index in [0.29, 0.717) is 12.8 Å². The highest BCUT2D eigenvalue weighted by atomic mass is 16.5. The van der Waals surface area contributed by atoms with E-state index >= 15 is 0 Å². The Morgan fingerprint density at radius 2 is 1.30 bits per heavy atom. The van der Waals surface area contributed by atoms with Crippen LogP contribution in [0.15, 0.2) is 73.1 Å². The van der Waals surface area contributed by atoms with Crippen molar-refractivity contribution in [1.82, 2.24) is 35.5 Å². The summed E-state index contributed by atoms with van der Waals surface area (Å²) in [5, 5.41) is 7.61. The Kier molecular flexibility index (Phi) is 13.5. The van der Waals surface area contributed by atoms with Crippen LogP contribution in [0.3, 0.4) is 0 Å². The lowest BCUT2D eigenvalue weighted by molar-refractivity contribution is -0.137. The van der Waals surface area contributed by atoms with Crippen LogP contribution < -0.4 is 10.6 Å². The summed E-state index contributed by atoms with van der Waals surface area (Å²) in [6.07, 6.45) is 5.75. The number of carbonyl (C=O) groups is 4. The molecule has 13 heteroatoms. The summed E-state index contributed by atoms with van der Waals surface area (Å²) in [4.78, 5) is 69.3. The van der Waals surface area contributed by atoms with E-state index in [1.807, 2.05) is 45.0 Å². The number of rotatable bonds is 15. The molecule has 1 saturated heterocycles. The summed E-state index contributed by atoms with van der Waals surface area (Å²) in [5.41, 5.74) is 5.55. The molecule has 0 bridgehead atoms. The van der Waals surface area contributed by atoms with Gasteiger partial charge in [-0.05, 0) is 77.1 Å². The van der Waals surface area contributed by atoms with Gasteiger partial charge in [0.2, 0.25) is 5.91 Å². The Morgan fingerprint density at radius 3 is 1.92 bits per heavy atom. The summed E-state index contributed by atoms with van der Waals surface area (Å²) in [5.74, 6) is 1.20. The number of imidazole rings is 2. The van der Waals surface area contributed by atoms with Crippen LogP contribution in [0, 0.1) is 11.8 Å². The molecule has 3 heterocycles. The zero-order valence-electron chi connectivity index (χ0n) is 36.2. The molecular weight excluding hydrogens is 759 g/mol. The van der Waals surface area contributed by atoms with Crippen LogP contribution >= 0.6 is 0 Å². The van der Waals surface area contributed by atoms with Crippen LogP contribution in [0.5, 0.6) is 0 Å². The van der Waals surface area contributed by atoms with E-state index in [9.17, 15) is 19.2 Å². The highest BCUT2D eigenvalue weighted by Crippen LogP contribution is 2.38. The summed E-state index contributed by atoms with van der Waals surface area (Å²) < 4.78 is 9.53. The van der Waals surface area contributed by atoms with Crippen molar-refractivity contribution in [2.24, 2.45) is 11.8 Å². The molecule has 2 aromatic heterocycles. The number of hydrogen-bond acceptors (Lipinski definition) is 8. The third-order valence-electron chi connectivity index (χ3n) is 11.9. The van der Waals surface area contributed by atoms with Gasteiger partial charge in [0.25, 0.3) is 0 Å². The number of alkyl carbamates (subject to hydrolysis) is 2. The van der Waals surface area contributed by atoms with Gasteiger partial charge in [-0.25, -0.2) is 19.6 Å². The van der Waals surface area contributed by atoms with Crippen LogP contribution in [-0.2, 0) is 24.5 Å². The number of hydrogen-bond donors (Lipinski definition) is 4. The van der Waals surface area contributed by atoms with Crippen LogP contribution in [0.4, 0.5) is 9.59 Å². The maximum atomic E-state index is 13.9. The van der Waals surface area contributed by atoms with Gasteiger partial charge in [-0.1, -0.05) is 97.0 Å². The molecule has 3 aromatic carbocycles. The van der Waals surface area contributed by atoms with E-state index in [4.69, 9.17) is 19.4 Å². The second kappa shape index (κ2) is 18.5. The van der Waals surface area contributed by atoms with E-state index in [1.54, 1.807) is 0 Å². The van der Waals surface area contributed by atoms with Crippen LogP contribution in [-0.4, -0.2) is 81.1 Å². The average Bonchev–Trinajstić information content (AvgIpc) is 4.04. The molecule has 1 fully saturated rings. The number of amides is 3. The lowest BCUT2D eigenvalue weighted by atomic mass is 9.84. The molecule has 4 atom stereocenters. The maximum absolute atomic E-state index is 13.9. The van der Waals surface area contributed by atoms with E-state index in [1.165, 1.54) is 14.2 Å². The molecule has 13 nitrogen and oxygen atoms in total. The number of nitrogens with one attached hydrogen (secondary N) is 4. The molecule has 5 aromatic rings. The SMILES string of the molecule is CC[C@@H]1CC[C@@H](c2ncc(-c3ccc4cc(-c5ccc(-c6cnc(C(C)(C)CCC(=O)[C@@H](NC(=O)OC)C(C)C)[nH]6)cc5)ccc4c3)[nH]2)N1C(=O)[C@@H](NC(=O)OC)C(C)C. The van der Waals surface area contributed by atoms with Gasteiger partial charge in [-0.3, -0.25) is 9.59 Å². The van der Waals surface area contributed by atoms with E-state index in [0.717, 1.165) is 75.3 Å². The smallest absolute Gasteiger partial charge is 0.407 e. The lowest BCUT2D eigenvalue weighted by Gasteiger charge is -2.34. The number of carbonyl (C=O) groups excluding carboxylic acids is 4. The number of likely N-dealkylation sites (tertiary alicyclic amines) is 1. The number of ketones is 1. The minimum absolute atomic E-state index is 0.0347. The van der Waals surface area contributed by atoms with Crippen molar-refractivity contribution < 1.29 is 28.7 Å². The molecule has 4 N–H and O–H groups in total. The standard InChI is InChI=1S/C47H59N7O6/c1-10-35-19-20-38(54(35)43(56)41(28(4)5)53-46(58)60-9)42-48-25-37(50-42)34-18-17-32-23-31(15-16-33(32)24-34)29-11-13-30(14-12-29)36-26-49-44(51-36)47(6,7)22-21-39(55)40(27(2)3)52-45(57)59-8/h11-18,23-28,35,38,40-41H,10,19-22H2,1-9H3,(H,48,50)(H,49,51)(H,52,57)(H,53,58)/t35-,38+,40+,41+/m1/s1. The van der Waals surface area contributed by atoms with Gasteiger partial charge in [0.1, 0.15) is 17.7 Å². The number of aromatic amines is 2. The summed E-state index contributed by atoms with van der Waals surface area (Å²) in [6.45, 7) is 13.8. The Bertz CT molecular complexity index is 2310. The van der Waals surface area contributed by atoms with Gasteiger partial charge in [-0.2, -0.15) is 0 Å². The molecule has 0 saturated carbocycles. The monoisotopic (exact) mass is 817 g/mol. The molecule has 0 unspecified atom stereocenters. The molecule has 1 aliphatic heterocycles. The fourth-order valence-corrected chi connectivity index (χ4v) is 8.16. The molecule has 1 aliphatic rings. The number of methoxy groups -OCH3 is 2. The number of ether oxygens (including phenoxy) is 2. The number of benzene rings is 3. The quantitative estimate of drug-likeness (QED) is 0.0810. The van der Waals surface area contributed by atoms with Crippen LogP contribution in [0.1, 0.15) is 98.3 Å². The number of fused-ring (bicyclic) bond motifs is 1. The number of Topliss-reactive ketones (excluding diaryl/α,β-unsaturated/α-hetero) is 1. The van der Waals surface area contributed by atoms with E-state index in [-0.39, 0.29) is 35.6 Å². The van der Waals surface area contributed by atoms with Gasteiger partial charge < -0.3 is 35.0 Å². The second-order valence-corrected chi connectivity index (χ2v) is 17.1. The molecular formula is C47H59N7O6. The molecule has 0 radical (unpaired) electrons. The van der Waals surface area contributed by atoms with Crippen molar-refractivity contribution in [2.45, 2.75) is 110 Å². The van der Waals surface area contributed by atoms with Crippen LogP contribution in [0.25, 0.3) is 44.4 Å². The first kappa shape index (κ1) is 43.6. The largest absolute Gasteiger partial charge is 0.453 e. The molecule has 0 aliphatic carbocycles. The maximum Gasteiger partial charge on any atom is 0.407 e. The van der Waals surface area contributed by atoms with Crippen molar-refractivity contribution in [3.63, 3.8) is 0 Å². The predicted molar refractivity (Wildman–Crippen MR) is 233 cm³/mol. The lowest BCUT2D eigenvalue weighted by Crippen LogP contribution is -2.53. The fraction of sp³-hybridized carbons (Fsp3) is 0.447. The third kappa shape index (κ3) is 9.56. The highest BCUT2D eigenvalue weighted by molar-refractivity contribution is 5.91.